The summed E-state index contributed by atoms with van der Waals surface area (Å²) in [4.78, 5) is 26.9. The molecule has 1 aromatic carbocycles. The molecular weight excluding hydrogens is 350 g/mol. The summed E-state index contributed by atoms with van der Waals surface area (Å²) in [6.07, 6.45) is 0.271. The minimum atomic E-state index is -0.937. The molecular formula is C20H27NO6. The first-order chi connectivity index (χ1) is 13.0. The molecule has 2 heterocycles. The lowest BCUT2D eigenvalue weighted by Crippen LogP contribution is -2.59. The largest absolute Gasteiger partial charge is 0.468 e. The van der Waals surface area contributed by atoms with Crippen molar-refractivity contribution in [2.24, 2.45) is 5.41 Å². The third-order valence-electron chi connectivity index (χ3n) is 5.21. The van der Waals surface area contributed by atoms with Crippen LogP contribution in [0.4, 0.5) is 4.79 Å². The summed E-state index contributed by atoms with van der Waals surface area (Å²) in [5.74, 6) is -0.370. The van der Waals surface area contributed by atoms with Gasteiger partial charge in [-0.1, -0.05) is 30.3 Å². The summed E-state index contributed by atoms with van der Waals surface area (Å²) in [6, 6.07) is 9.50. The molecule has 3 atom stereocenters. The summed E-state index contributed by atoms with van der Waals surface area (Å²) in [6.45, 7) is 3.65. The zero-order valence-electron chi connectivity index (χ0n) is 15.9. The van der Waals surface area contributed by atoms with Gasteiger partial charge in [0.25, 0.3) is 0 Å². The van der Waals surface area contributed by atoms with Gasteiger partial charge in [-0.2, -0.15) is 0 Å². The first-order valence-electron chi connectivity index (χ1n) is 9.32. The molecule has 2 aliphatic heterocycles. The molecule has 2 fully saturated rings. The van der Waals surface area contributed by atoms with Gasteiger partial charge in [0.05, 0.1) is 32.5 Å². The van der Waals surface area contributed by atoms with E-state index in [2.05, 4.69) is 0 Å². The average molecular weight is 377 g/mol. The van der Waals surface area contributed by atoms with Crippen LogP contribution in [0.1, 0.15) is 25.3 Å². The SMILES string of the molecule is COC(=O)C1(C2COCC(C)O2)CCCN(C(=O)OCc2ccccc2)C1. The van der Waals surface area contributed by atoms with Gasteiger partial charge in [0.1, 0.15) is 12.0 Å². The second-order valence-electron chi connectivity index (χ2n) is 7.19. The van der Waals surface area contributed by atoms with Gasteiger partial charge < -0.3 is 23.8 Å². The Hall–Kier alpha value is -2.12. The second-order valence-corrected chi connectivity index (χ2v) is 7.19. The number of nitrogens with zero attached hydrogens (tertiary/aromatic N) is 1. The maximum Gasteiger partial charge on any atom is 0.410 e. The highest BCUT2D eigenvalue weighted by Gasteiger charge is 2.52. The highest BCUT2D eigenvalue weighted by atomic mass is 16.6. The first-order valence-corrected chi connectivity index (χ1v) is 9.32. The Morgan fingerprint density at radius 2 is 2.04 bits per heavy atom. The van der Waals surface area contributed by atoms with Gasteiger partial charge in [-0.3, -0.25) is 4.79 Å². The summed E-state index contributed by atoms with van der Waals surface area (Å²) in [5, 5.41) is 0. The average Bonchev–Trinajstić information content (AvgIpc) is 2.72. The lowest BCUT2D eigenvalue weighted by atomic mass is 9.74. The fourth-order valence-electron chi connectivity index (χ4n) is 3.80. The lowest BCUT2D eigenvalue weighted by molar-refractivity contribution is -0.202. The molecule has 7 nitrogen and oxygen atoms in total. The van der Waals surface area contributed by atoms with Gasteiger partial charge in [-0.05, 0) is 25.3 Å². The van der Waals surface area contributed by atoms with Crippen molar-refractivity contribution < 1.29 is 28.5 Å². The Balaban J connectivity index is 1.70. The molecule has 0 bridgehead atoms. The molecule has 1 aromatic rings. The van der Waals surface area contributed by atoms with Gasteiger partial charge in [0.15, 0.2) is 0 Å². The summed E-state index contributed by atoms with van der Waals surface area (Å²) in [5.41, 5.74) is -0.0205. The molecule has 3 rings (SSSR count). The Bertz CT molecular complexity index is 651. The Labute approximate surface area is 159 Å². The van der Waals surface area contributed by atoms with Crippen LogP contribution in [-0.2, 0) is 30.3 Å². The number of hydrogen-bond acceptors (Lipinski definition) is 6. The van der Waals surface area contributed by atoms with Crippen molar-refractivity contribution >= 4 is 12.1 Å². The number of methoxy groups -OCH3 is 1. The van der Waals surface area contributed by atoms with E-state index in [0.717, 1.165) is 5.56 Å². The number of ether oxygens (including phenoxy) is 4. The zero-order valence-corrected chi connectivity index (χ0v) is 15.9. The van der Waals surface area contributed by atoms with Crippen molar-refractivity contribution in [3.8, 4) is 0 Å². The fraction of sp³-hybridized carbons (Fsp3) is 0.600. The molecule has 1 amide bonds. The number of amides is 1. The summed E-state index contributed by atoms with van der Waals surface area (Å²) in [7, 11) is 1.36. The molecule has 0 spiro atoms. The third kappa shape index (κ3) is 4.42. The molecule has 0 aliphatic carbocycles. The third-order valence-corrected chi connectivity index (χ3v) is 5.21. The second kappa shape index (κ2) is 8.71. The van der Waals surface area contributed by atoms with E-state index in [1.54, 1.807) is 4.90 Å². The van der Waals surface area contributed by atoms with E-state index in [9.17, 15) is 9.59 Å². The van der Waals surface area contributed by atoms with Crippen LogP contribution < -0.4 is 0 Å². The quantitative estimate of drug-likeness (QED) is 0.750. The van der Waals surface area contributed by atoms with Crippen LogP contribution in [0.15, 0.2) is 30.3 Å². The van der Waals surface area contributed by atoms with Gasteiger partial charge in [-0.15, -0.1) is 0 Å². The van der Waals surface area contributed by atoms with E-state index in [1.165, 1.54) is 7.11 Å². The monoisotopic (exact) mass is 377 g/mol. The minimum Gasteiger partial charge on any atom is -0.468 e. The van der Waals surface area contributed by atoms with Gasteiger partial charge in [0, 0.05) is 13.1 Å². The van der Waals surface area contributed by atoms with E-state index in [-0.39, 0.29) is 25.2 Å². The molecule has 7 heteroatoms. The highest BCUT2D eigenvalue weighted by molar-refractivity contribution is 5.79. The van der Waals surface area contributed by atoms with Crippen molar-refractivity contribution in [3.05, 3.63) is 35.9 Å². The number of benzene rings is 1. The predicted molar refractivity (Wildman–Crippen MR) is 97.0 cm³/mol. The highest BCUT2D eigenvalue weighted by Crippen LogP contribution is 2.38. The molecule has 148 valence electrons. The molecule has 2 aliphatic rings. The number of piperidine rings is 1. The van der Waals surface area contributed by atoms with Crippen LogP contribution in [-0.4, -0.2) is 62.6 Å². The molecule has 0 aromatic heterocycles. The van der Waals surface area contributed by atoms with Crippen LogP contribution in [0.25, 0.3) is 0 Å². The maximum absolute atomic E-state index is 12.7. The van der Waals surface area contributed by atoms with Crippen LogP contribution in [0.2, 0.25) is 0 Å². The van der Waals surface area contributed by atoms with Crippen molar-refractivity contribution in [1.82, 2.24) is 4.90 Å². The van der Waals surface area contributed by atoms with E-state index in [4.69, 9.17) is 18.9 Å². The molecule has 0 N–H and O–H groups in total. The van der Waals surface area contributed by atoms with Crippen LogP contribution in [0.5, 0.6) is 0 Å². The van der Waals surface area contributed by atoms with Crippen LogP contribution >= 0.6 is 0 Å². The number of hydrogen-bond donors (Lipinski definition) is 0. The number of carbonyl (C=O) groups excluding carboxylic acids is 2. The lowest BCUT2D eigenvalue weighted by Gasteiger charge is -2.46. The molecule has 27 heavy (non-hydrogen) atoms. The first kappa shape index (κ1) is 19.6. The van der Waals surface area contributed by atoms with E-state index in [1.807, 2.05) is 37.3 Å². The van der Waals surface area contributed by atoms with Gasteiger partial charge in [-0.25, -0.2) is 4.79 Å². The molecule has 0 saturated carbocycles. The molecule has 0 radical (unpaired) electrons. The van der Waals surface area contributed by atoms with Crippen molar-refractivity contribution in [2.75, 3.05) is 33.4 Å². The smallest absolute Gasteiger partial charge is 0.410 e. The van der Waals surface area contributed by atoms with Crippen LogP contribution in [0.3, 0.4) is 0 Å². The van der Waals surface area contributed by atoms with Crippen molar-refractivity contribution in [1.29, 1.82) is 0 Å². The summed E-state index contributed by atoms with van der Waals surface area (Å²) >= 11 is 0. The van der Waals surface area contributed by atoms with E-state index >= 15 is 0 Å². The number of esters is 1. The standard InChI is InChI=1S/C20H27NO6/c1-15-11-25-13-17(27-15)20(18(22)24-2)9-6-10-21(14-20)19(23)26-12-16-7-4-3-5-8-16/h3-5,7-8,15,17H,6,9-14H2,1-2H3. The van der Waals surface area contributed by atoms with E-state index in [0.29, 0.717) is 32.6 Å². The normalized spacial score (nSPS) is 28.4. The molecule has 3 unspecified atom stereocenters. The van der Waals surface area contributed by atoms with E-state index < -0.39 is 17.6 Å². The topological polar surface area (TPSA) is 74.3 Å². The predicted octanol–water partition coefficient (Wildman–Crippen LogP) is 2.38. The molecule has 2 saturated heterocycles. The Morgan fingerprint density at radius 1 is 1.26 bits per heavy atom. The summed E-state index contributed by atoms with van der Waals surface area (Å²) < 4.78 is 22.1. The Morgan fingerprint density at radius 3 is 2.74 bits per heavy atom. The fourth-order valence-corrected chi connectivity index (χ4v) is 3.80. The minimum absolute atomic E-state index is 0.106. The zero-order chi connectivity index (χ0) is 19.3. The Kier molecular flexibility index (Phi) is 6.34. The maximum atomic E-state index is 12.7. The number of likely N-dealkylation sites (tertiary alicyclic amines) is 1. The van der Waals surface area contributed by atoms with Crippen molar-refractivity contribution in [3.63, 3.8) is 0 Å². The van der Waals surface area contributed by atoms with Crippen molar-refractivity contribution in [2.45, 2.75) is 38.6 Å². The number of rotatable bonds is 4. The van der Waals surface area contributed by atoms with Gasteiger partial charge in [0.2, 0.25) is 0 Å². The van der Waals surface area contributed by atoms with Gasteiger partial charge >= 0.3 is 12.1 Å². The van der Waals surface area contributed by atoms with Crippen LogP contribution in [0, 0.1) is 5.41 Å². The number of carbonyl (C=O) groups is 2.